The second-order valence-electron chi connectivity index (χ2n) is 2.23. The average molecular weight is 307 g/mol. The first-order chi connectivity index (χ1) is 6.25. The maximum absolute atomic E-state index is 12.5. The van der Waals surface area contributed by atoms with E-state index in [1.807, 2.05) is 0 Å². The summed E-state index contributed by atoms with van der Waals surface area (Å²) in [6.45, 7) is 0. The summed E-state index contributed by atoms with van der Waals surface area (Å²) < 4.78 is 17.4. The second kappa shape index (κ2) is 3.62. The average Bonchev–Trinajstić information content (AvgIpc) is 2.53. The molecule has 2 aromatic heterocycles. The summed E-state index contributed by atoms with van der Waals surface area (Å²) in [5, 5.41) is 0. The van der Waals surface area contributed by atoms with Crippen LogP contribution in [0.3, 0.4) is 0 Å². The summed E-state index contributed by atoms with van der Waals surface area (Å²) in [6.07, 6.45) is 1.16. The minimum absolute atomic E-state index is 0.353. The van der Waals surface area contributed by atoms with E-state index in [4.69, 9.17) is 0 Å². The maximum Gasteiger partial charge on any atom is 0.192 e. The smallest absolute Gasteiger partial charge is 0.192 e. The van der Waals surface area contributed by atoms with Gasteiger partial charge in [-0.25, -0.2) is 14.4 Å². The van der Waals surface area contributed by atoms with Gasteiger partial charge in [-0.05, 0) is 46.3 Å². The lowest BCUT2D eigenvalue weighted by atomic mass is 10.3. The van der Waals surface area contributed by atoms with Crippen molar-refractivity contribution in [2.24, 2.45) is 0 Å². The third-order valence-corrected chi connectivity index (χ3v) is 2.70. The van der Waals surface area contributed by atoms with Crippen LogP contribution in [0.5, 0.6) is 0 Å². The van der Waals surface area contributed by atoms with Gasteiger partial charge in [0, 0.05) is 0 Å². The molecule has 0 amide bonds. The van der Waals surface area contributed by atoms with Gasteiger partial charge in [-0.15, -0.1) is 0 Å². The Hall–Kier alpha value is -0.630. The van der Waals surface area contributed by atoms with Crippen molar-refractivity contribution in [3.63, 3.8) is 0 Å². The zero-order chi connectivity index (χ0) is 9.26. The summed E-state index contributed by atoms with van der Waals surface area (Å²) in [4.78, 5) is 7.98. The number of pyridine rings is 1. The van der Waals surface area contributed by atoms with Gasteiger partial charge in [-0.2, -0.15) is 4.37 Å². The Balaban J connectivity index is 2.41. The molecule has 66 valence electrons. The number of halogens is 2. The van der Waals surface area contributed by atoms with Crippen LogP contribution in [0.15, 0.2) is 18.3 Å². The standard InChI is InChI=1S/C7H3FIN3S/c8-4-1-2-5(10-3-4)6-11-7(9)13-12-6/h1-3H. The van der Waals surface area contributed by atoms with Crippen molar-refractivity contribution in [1.82, 2.24) is 14.3 Å². The molecule has 2 heterocycles. The highest BCUT2D eigenvalue weighted by molar-refractivity contribution is 14.1. The predicted molar refractivity (Wildman–Crippen MR) is 55.8 cm³/mol. The number of hydrogen-bond acceptors (Lipinski definition) is 4. The predicted octanol–water partition coefficient (Wildman–Crippen LogP) is 2.34. The van der Waals surface area contributed by atoms with E-state index in [9.17, 15) is 4.39 Å². The third kappa shape index (κ3) is 1.99. The van der Waals surface area contributed by atoms with Gasteiger partial charge in [0.05, 0.1) is 6.20 Å². The Kier molecular flexibility index (Phi) is 2.49. The quantitative estimate of drug-likeness (QED) is 0.759. The molecule has 13 heavy (non-hydrogen) atoms. The summed E-state index contributed by atoms with van der Waals surface area (Å²) in [7, 11) is 0. The molecule has 0 aliphatic heterocycles. The van der Waals surface area contributed by atoms with Crippen LogP contribution >= 0.6 is 34.1 Å². The molecule has 2 rings (SSSR count). The zero-order valence-electron chi connectivity index (χ0n) is 6.24. The molecule has 0 radical (unpaired) electrons. The molecule has 0 bridgehead atoms. The molecular formula is C7H3FIN3S. The highest BCUT2D eigenvalue weighted by Gasteiger charge is 2.05. The second-order valence-corrected chi connectivity index (χ2v) is 4.74. The molecule has 0 aromatic carbocycles. The van der Waals surface area contributed by atoms with Crippen LogP contribution in [0, 0.1) is 8.83 Å². The van der Waals surface area contributed by atoms with E-state index in [-0.39, 0.29) is 5.82 Å². The molecule has 0 N–H and O–H groups in total. The van der Waals surface area contributed by atoms with Gasteiger partial charge in [0.25, 0.3) is 0 Å². The molecular weight excluding hydrogens is 304 g/mol. The van der Waals surface area contributed by atoms with E-state index >= 15 is 0 Å². The normalized spacial score (nSPS) is 10.3. The van der Waals surface area contributed by atoms with E-state index in [2.05, 4.69) is 36.9 Å². The van der Waals surface area contributed by atoms with Crippen molar-refractivity contribution in [1.29, 1.82) is 0 Å². The molecule has 2 aromatic rings. The molecule has 6 heteroatoms. The van der Waals surface area contributed by atoms with Crippen molar-refractivity contribution >= 4 is 34.1 Å². The van der Waals surface area contributed by atoms with E-state index in [0.717, 1.165) is 9.21 Å². The van der Waals surface area contributed by atoms with Gasteiger partial charge in [-0.3, -0.25) is 0 Å². The minimum atomic E-state index is -0.353. The first-order valence-electron chi connectivity index (χ1n) is 3.37. The Morgan fingerprint density at radius 3 is 2.77 bits per heavy atom. The molecule has 0 fully saturated rings. The summed E-state index contributed by atoms with van der Waals surface area (Å²) in [5.41, 5.74) is 0.598. The molecule has 0 unspecified atom stereocenters. The lowest BCUT2D eigenvalue weighted by molar-refractivity contribution is 0.621. The molecule has 0 atom stereocenters. The van der Waals surface area contributed by atoms with E-state index in [1.54, 1.807) is 6.07 Å². The molecule has 0 saturated heterocycles. The fourth-order valence-electron chi connectivity index (χ4n) is 0.817. The van der Waals surface area contributed by atoms with Gasteiger partial charge < -0.3 is 0 Å². The molecule has 0 aliphatic carbocycles. The number of aromatic nitrogens is 3. The molecule has 0 saturated carbocycles. The molecule has 0 spiro atoms. The maximum atomic E-state index is 12.5. The number of nitrogens with zero attached hydrogens (tertiary/aromatic N) is 3. The van der Waals surface area contributed by atoms with E-state index in [1.165, 1.54) is 17.6 Å². The molecule has 0 aliphatic rings. The highest BCUT2D eigenvalue weighted by Crippen LogP contribution is 2.16. The fourth-order valence-corrected chi connectivity index (χ4v) is 1.76. The summed E-state index contributed by atoms with van der Waals surface area (Å²) >= 11 is 3.37. The van der Waals surface area contributed by atoms with Crippen LogP contribution in [-0.4, -0.2) is 14.3 Å². The van der Waals surface area contributed by atoms with E-state index in [0.29, 0.717) is 11.5 Å². The summed E-state index contributed by atoms with van der Waals surface area (Å²) in [6, 6.07) is 2.91. The van der Waals surface area contributed by atoms with Crippen LogP contribution in [0.4, 0.5) is 4.39 Å². The largest absolute Gasteiger partial charge is 0.250 e. The minimum Gasteiger partial charge on any atom is -0.250 e. The lowest BCUT2D eigenvalue weighted by Gasteiger charge is -1.91. The summed E-state index contributed by atoms with van der Waals surface area (Å²) in [5.74, 6) is 0.197. The van der Waals surface area contributed by atoms with Crippen molar-refractivity contribution in [3.8, 4) is 11.5 Å². The van der Waals surface area contributed by atoms with Crippen molar-refractivity contribution < 1.29 is 4.39 Å². The number of hydrogen-bond donors (Lipinski definition) is 0. The van der Waals surface area contributed by atoms with Crippen LogP contribution < -0.4 is 0 Å². The van der Waals surface area contributed by atoms with Gasteiger partial charge in [0.2, 0.25) is 0 Å². The van der Waals surface area contributed by atoms with Crippen LogP contribution in [-0.2, 0) is 0 Å². The highest BCUT2D eigenvalue weighted by atomic mass is 127. The van der Waals surface area contributed by atoms with Gasteiger partial charge in [-0.1, -0.05) is 0 Å². The lowest BCUT2D eigenvalue weighted by Crippen LogP contribution is -1.86. The van der Waals surface area contributed by atoms with E-state index < -0.39 is 0 Å². The van der Waals surface area contributed by atoms with Crippen molar-refractivity contribution in [2.75, 3.05) is 0 Å². The number of rotatable bonds is 1. The topological polar surface area (TPSA) is 38.7 Å². The van der Waals surface area contributed by atoms with Gasteiger partial charge in [0.1, 0.15) is 11.5 Å². The fraction of sp³-hybridized carbons (Fsp3) is 0. The Morgan fingerprint density at radius 2 is 2.23 bits per heavy atom. The Labute approximate surface area is 91.4 Å². The first kappa shape index (κ1) is 8.95. The van der Waals surface area contributed by atoms with Crippen LogP contribution in [0.2, 0.25) is 0 Å². The first-order valence-corrected chi connectivity index (χ1v) is 5.22. The van der Waals surface area contributed by atoms with Crippen LogP contribution in [0.1, 0.15) is 0 Å². The zero-order valence-corrected chi connectivity index (χ0v) is 9.21. The monoisotopic (exact) mass is 307 g/mol. The van der Waals surface area contributed by atoms with Crippen molar-refractivity contribution in [2.45, 2.75) is 0 Å². The Bertz CT molecular complexity index is 414. The Morgan fingerprint density at radius 1 is 1.38 bits per heavy atom. The van der Waals surface area contributed by atoms with Crippen LogP contribution in [0.25, 0.3) is 11.5 Å². The van der Waals surface area contributed by atoms with Crippen molar-refractivity contribution in [3.05, 3.63) is 27.2 Å². The molecule has 3 nitrogen and oxygen atoms in total. The van der Waals surface area contributed by atoms with Gasteiger partial charge in [0.15, 0.2) is 8.84 Å². The SMILES string of the molecule is Fc1ccc(-c2nsc(I)n2)nc1. The third-order valence-electron chi connectivity index (χ3n) is 1.36. The van der Waals surface area contributed by atoms with Gasteiger partial charge >= 0.3 is 0 Å².